The molecule has 2 spiro atoms. The van der Waals surface area contributed by atoms with Crippen molar-refractivity contribution >= 4 is 35.1 Å². The summed E-state index contributed by atoms with van der Waals surface area (Å²) in [5, 5.41) is 29.8. The summed E-state index contributed by atoms with van der Waals surface area (Å²) in [7, 11) is 0. The van der Waals surface area contributed by atoms with Gasteiger partial charge in [0, 0.05) is 74.1 Å². The molecule has 15 heteroatoms. The minimum absolute atomic E-state index is 0. The van der Waals surface area contributed by atoms with E-state index in [9.17, 15) is 34.2 Å². The molecule has 1 aliphatic heterocycles. The summed E-state index contributed by atoms with van der Waals surface area (Å²) in [5.41, 5.74) is 3.97. The van der Waals surface area contributed by atoms with Crippen molar-refractivity contribution in [1.82, 2.24) is 0 Å². The van der Waals surface area contributed by atoms with Gasteiger partial charge in [0.2, 0.25) is 0 Å². The van der Waals surface area contributed by atoms with Gasteiger partial charge in [-0.1, -0.05) is 6.42 Å². The first kappa shape index (κ1) is 44.4. The van der Waals surface area contributed by atoms with Crippen molar-refractivity contribution in [2.24, 2.45) is 10.8 Å². The maximum atomic E-state index is 13.1. The Kier molecular flexibility index (Phi) is 17.5. The zero-order valence-electron chi connectivity index (χ0n) is 30.6. The number of benzene rings is 2. The largest absolute Gasteiger partial charge is 1.00 e. The van der Waals surface area contributed by atoms with Crippen molar-refractivity contribution in [2.75, 3.05) is 18.0 Å². The van der Waals surface area contributed by atoms with Gasteiger partial charge in [0.25, 0.3) is 17.8 Å². The van der Waals surface area contributed by atoms with Gasteiger partial charge in [-0.05, 0) is 105 Å². The van der Waals surface area contributed by atoms with Gasteiger partial charge >= 0.3 is 103 Å². The van der Waals surface area contributed by atoms with Crippen LogP contribution in [0.5, 0.6) is 0 Å². The first-order valence-electron chi connectivity index (χ1n) is 17.2. The fourth-order valence-corrected chi connectivity index (χ4v) is 7.56. The average molecular weight is 760 g/mol. The number of hydrogen-bond donors (Lipinski definition) is 0. The van der Waals surface area contributed by atoms with Crippen LogP contribution in [0.25, 0.3) is 0 Å². The van der Waals surface area contributed by atoms with E-state index in [0.717, 1.165) is 82.9 Å². The van der Waals surface area contributed by atoms with Gasteiger partial charge in [-0.25, -0.2) is 4.39 Å². The van der Waals surface area contributed by atoms with Crippen LogP contribution in [0.1, 0.15) is 121 Å². The second-order valence-corrected chi connectivity index (χ2v) is 14.5. The van der Waals surface area contributed by atoms with Crippen molar-refractivity contribution < 1.29 is 143 Å². The maximum Gasteiger partial charge on any atom is 1.00 e. The molecule has 0 amide bonds. The monoisotopic (exact) mass is 759 g/mol. The number of halogens is 1. The van der Waals surface area contributed by atoms with E-state index in [-0.39, 0.29) is 139 Å². The first-order valence-corrected chi connectivity index (χ1v) is 17.2. The number of rotatable bonds is 6. The van der Waals surface area contributed by atoms with Crippen LogP contribution in [-0.2, 0) is 19.3 Å². The fraction of sp³-hybridized carbons (Fsp3) is 0.583. The summed E-state index contributed by atoms with van der Waals surface area (Å²) in [4.78, 5) is 56.5. The zero-order valence-corrected chi connectivity index (χ0v) is 35.9. The molecule has 8 rings (SSSR count). The van der Waals surface area contributed by atoms with Crippen LogP contribution in [0, 0.1) is 36.9 Å². The fourth-order valence-electron chi connectivity index (χ4n) is 7.56. The number of anilines is 1. The molecule has 1 heterocycles. The number of carbonyl (C=O) groups excluding carboxylic acids is 3. The molecule has 0 radical (unpaired) electrons. The summed E-state index contributed by atoms with van der Waals surface area (Å²) in [6.07, 6.45) is 16.0. The minimum Gasteiger partial charge on any atom is -1.00 e. The van der Waals surface area contributed by atoms with Crippen molar-refractivity contribution in [3.63, 3.8) is 0 Å². The van der Waals surface area contributed by atoms with Crippen LogP contribution in [0.3, 0.4) is 0 Å². The average Bonchev–Trinajstić information content (AvgIpc) is 3.99. The van der Waals surface area contributed by atoms with Crippen LogP contribution in [-0.4, -0.2) is 41.0 Å². The number of non-ortho nitro benzene ring substituents is 2. The van der Waals surface area contributed by atoms with Gasteiger partial charge in [0.1, 0.15) is 17.4 Å². The Morgan fingerprint density at radius 2 is 1.18 bits per heavy atom. The molecule has 2 aromatic rings. The quantitative estimate of drug-likeness (QED) is 0.135. The zero-order chi connectivity index (χ0) is 35.2. The Morgan fingerprint density at radius 3 is 1.59 bits per heavy atom. The van der Waals surface area contributed by atoms with Crippen LogP contribution in [0.2, 0.25) is 0 Å². The number of carbonyl (C=O) groups is 3. The van der Waals surface area contributed by atoms with E-state index >= 15 is 0 Å². The second-order valence-electron chi connectivity index (χ2n) is 14.5. The van der Waals surface area contributed by atoms with E-state index in [0.29, 0.717) is 33.9 Å². The van der Waals surface area contributed by atoms with Gasteiger partial charge in [0.05, 0.1) is 9.85 Å². The second kappa shape index (κ2) is 20.1. The van der Waals surface area contributed by atoms with Crippen molar-refractivity contribution in [3.8, 4) is 0 Å². The third-order valence-corrected chi connectivity index (χ3v) is 11.0. The van der Waals surface area contributed by atoms with E-state index in [1.165, 1.54) is 56.0 Å². The summed E-state index contributed by atoms with van der Waals surface area (Å²) >= 11 is 0. The Labute approximate surface area is 383 Å². The van der Waals surface area contributed by atoms with Crippen LogP contribution < -0.4 is 113 Å². The van der Waals surface area contributed by atoms with Crippen LogP contribution in [0.15, 0.2) is 36.4 Å². The Morgan fingerprint density at radius 1 is 0.745 bits per heavy atom. The number of nitrogens with zero attached hydrogens (tertiary/aromatic N) is 3. The molecule has 51 heavy (non-hydrogen) atoms. The molecule has 6 aliphatic rings. The summed E-state index contributed by atoms with van der Waals surface area (Å²) in [6, 6.07) is 9.02. The molecule has 12 nitrogen and oxygen atoms in total. The Bertz CT molecular complexity index is 1560. The van der Waals surface area contributed by atoms with E-state index in [4.69, 9.17) is 10.1 Å². The Hall–Kier alpha value is -0.987. The molecule has 266 valence electrons. The van der Waals surface area contributed by atoms with Crippen LogP contribution in [0.4, 0.5) is 21.5 Å². The van der Waals surface area contributed by atoms with Crippen LogP contribution >= 0.6 is 0 Å². The smallest absolute Gasteiger partial charge is 1.00 e. The summed E-state index contributed by atoms with van der Waals surface area (Å²) < 4.78 is 13.1. The molecule has 1 saturated heterocycles. The SMILES string of the molecule is O=C1CCC2(CC1)CN(c1ccc([N+](=O)[O-])cc1C1CC1)C2.O=C1CCC2(CCC2)CC1.O=CO[O-].O=[N+]([O-])c1ccc(F)c(C2CC2)c1.[H-].[K+].[K+]. The molecule has 0 bridgehead atoms. The molecule has 6 fully saturated rings. The molecule has 5 saturated carbocycles. The van der Waals surface area contributed by atoms with Gasteiger partial charge in [-0.15, -0.1) is 0 Å². The predicted molar refractivity (Wildman–Crippen MR) is 176 cm³/mol. The molecule has 0 N–H and O–H groups in total. The number of hydrogen-bond acceptors (Lipinski definition) is 10. The normalized spacial score (nSPS) is 20.5. The molecule has 5 aliphatic carbocycles. The topological polar surface area (TPSA) is 173 Å². The molecular weight excluding hydrogens is 716 g/mol. The number of nitro benzene ring substituents is 2. The van der Waals surface area contributed by atoms with E-state index < -0.39 is 4.92 Å². The number of Topliss-reactive ketones (excluding diaryl/α,β-unsaturated/α-hetero) is 2. The predicted octanol–water partition coefficient (Wildman–Crippen LogP) is 0.888. The minimum atomic E-state index is -0.495. The molecule has 0 unspecified atom stereocenters. The summed E-state index contributed by atoms with van der Waals surface area (Å²) in [5.74, 6) is 1.28. The summed E-state index contributed by atoms with van der Waals surface area (Å²) in [6.45, 7) is 1.82. The van der Waals surface area contributed by atoms with E-state index in [1.807, 2.05) is 6.07 Å². The Balaban J connectivity index is 0.000000268. The number of ketones is 2. The molecule has 2 aromatic carbocycles. The van der Waals surface area contributed by atoms with Crippen molar-refractivity contribution in [2.45, 2.75) is 108 Å². The van der Waals surface area contributed by atoms with Crippen molar-refractivity contribution in [3.05, 3.63) is 73.6 Å². The molecule has 0 atom stereocenters. The standard InChI is InChI=1S/C17H20N2O3.C9H8FNO2.C9H14O.CH2O3.2K.H/c20-14-5-7-17(8-6-14)10-18(11-17)16-4-3-13(19(21)22)9-15(16)12-1-2-12;10-9-4-3-7(11(12)13)5-8(9)6-1-2-6;10-8-2-6-9(7-3-8)4-1-5-9;2-1-4-3;;;/h3-4,9,12H,1-2,5-8,10-11H2;3-6H,1-2H2;1-7H2;1,3H;;;/q;;;;2*+1;-1/p-1. The first-order chi connectivity index (χ1) is 23.5. The third kappa shape index (κ3) is 12.3. The third-order valence-electron chi connectivity index (χ3n) is 11.0. The van der Waals surface area contributed by atoms with Gasteiger partial charge in [0.15, 0.2) is 0 Å². The van der Waals surface area contributed by atoms with Gasteiger partial charge < -0.3 is 16.5 Å². The van der Waals surface area contributed by atoms with E-state index in [2.05, 4.69) is 9.79 Å². The molecule has 0 aromatic heterocycles. The van der Waals surface area contributed by atoms with E-state index in [1.54, 1.807) is 12.1 Å². The van der Waals surface area contributed by atoms with Crippen molar-refractivity contribution in [1.29, 1.82) is 0 Å². The number of nitro groups is 2. The van der Waals surface area contributed by atoms with Gasteiger partial charge in [-0.2, -0.15) is 0 Å². The maximum absolute atomic E-state index is 13.1. The molecular formula is C36H44FK2N3O9. The van der Waals surface area contributed by atoms with Gasteiger partial charge in [-0.3, -0.25) is 34.6 Å².